The van der Waals surface area contributed by atoms with Gasteiger partial charge in [-0.1, -0.05) is 42.0 Å². The maximum Gasteiger partial charge on any atom is 0.214 e. The quantitative estimate of drug-likeness (QED) is 0.472. The third-order valence-electron chi connectivity index (χ3n) is 4.70. The summed E-state index contributed by atoms with van der Waals surface area (Å²) in [7, 11) is 3.45. The molecule has 0 aliphatic rings. The molecule has 0 spiro atoms. The number of aryl methyl sites for hydroxylation is 2. The molecule has 2 N–H and O–H groups in total. The van der Waals surface area contributed by atoms with Gasteiger partial charge in [-0.15, -0.1) is 0 Å². The van der Waals surface area contributed by atoms with Gasteiger partial charge in [0, 0.05) is 19.2 Å². The number of hydrogen-bond acceptors (Lipinski definition) is 4. The first kappa shape index (κ1) is 20.5. The monoisotopic (exact) mass is 392 g/mol. The van der Waals surface area contributed by atoms with Crippen LogP contribution in [0.25, 0.3) is 11.3 Å². The molecule has 0 aliphatic heterocycles. The molecule has 0 bridgehead atoms. The Morgan fingerprint density at radius 3 is 2.62 bits per heavy atom. The van der Waals surface area contributed by atoms with Crippen LogP contribution in [0.3, 0.4) is 0 Å². The lowest BCUT2D eigenvalue weighted by Gasteiger charge is -2.11. The van der Waals surface area contributed by atoms with Gasteiger partial charge in [-0.2, -0.15) is 0 Å². The van der Waals surface area contributed by atoms with Crippen molar-refractivity contribution < 1.29 is 9.15 Å². The second-order valence-electron chi connectivity index (χ2n) is 6.89. The minimum Gasteiger partial charge on any atom is -0.496 e. The van der Waals surface area contributed by atoms with Gasteiger partial charge >= 0.3 is 0 Å². The van der Waals surface area contributed by atoms with Gasteiger partial charge in [0.1, 0.15) is 5.75 Å². The number of methoxy groups -OCH3 is 1. The Hall–Kier alpha value is -3.28. The van der Waals surface area contributed by atoms with Crippen LogP contribution in [-0.2, 0) is 13.0 Å². The van der Waals surface area contributed by atoms with Gasteiger partial charge in [0.25, 0.3) is 0 Å². The Morgan fingerprint density at radius 2 is 1.90 bits per heavy atom. The summed E-state index contributed by atoms with van der Waals surface area (Å²) >= 11 is 0. The predicted molar refractivity (Wildman–Crippen MR) is 116 cm³/mol. The number of aliphatic imine (C=N–C) groups is 1. The fourth-order valence-corrected chi connectivity index (χ4v) is 2.97. The molecule has 6 nitrogen and oxygen atoms in total. The molecule has 152 valence electrons. The molecule has 0 atom stereocenters. The van der Waals surface area contributed by atoms with Crippen LogP contribution in [0.1, 0.15) is 22.6 Å². The van der Waals surface area contributed by atoms with Crippen molar-refractivity contribution in [2.75, 3.05) is 20.7 Å². The van der Waals surface area contributed by atoms with E-state index in [4.69, 9.17) is 9.15 Å². The molecule has 1 aromatic heterocycles. The standard InChI is InChI=1S/C23H28N4O2/c1-16-5-9-19(10-6-16)21-14-26-22(29-21)15-27-23(24-3)25-12-11-18-8-7-17(2)20(13-18)28-4/h5-10,13-14H,11-12,15H2,1-4H3,(H2,24,25,27). The van der Waals surface area contributed by atoms with Crippen LogP contribution in [-0.4, -0.2) is 31.6 Å². The van der Waals surface area contributed by atoms with Crippen molar-refractivity contribution in [3.8, 4) is 17.1 Å². The number of nitrogens with one attached hydrogen (secondary N) is 2. The Morgan fingerprint density at radius 1 is 1.10 bits per heavy atom. The van der Waals surface area contributed by atoms with Crippen LogP contribution in [0.2, 0.25) is 0 Å². The fourth-order valence-electron chi connectivity index (χ4n) is 2.97. The largest absolute Gasteiger partial charge is 0.496 e. The molecule has 0 unspecified atom stereocenters. The highest BCUT2D eigenvalue weighted by Gasteiger charge is 2.07. The zero-order valence-electron chi connectivity index (χ0n) is 17.5. The van der Waals surface area contributed by atoms with E-state index in [9.17, 15) is 0 Å². The highest BCUT2D eigenvalue weighted by atomic mass is 16.5. The number of nitrogens with zero attached hydrogens (tertiary/aromatic N) is 2. The summed E-state index contributed by atoms with van der Waals surface area (Å²) < 4.78 is 11.2. The molecule has 3 aromatic rings. The lowest BCUT2D eigenvalue weighted by Crippen LogP contribution is -2.37. The maximum atomic E-state index is 5.84. The topological polar surface area (TPSA) is 71.7 Å². The van der Waals surface area contributed by atoms with Crippen LogP contribution in [0.5, 0.6) is 5.75 Å². The van der Waals surface area contributed by atoms with E-state index in [-0.39, 0.29) is 0 Å². The summed E-state index contributed by atoms with van der Waals surface area (Å²) in [6.45, 7) is 5.32. The van der Waals surface area contributed by atoms with Crippen LogP contribution in [0, 0.1) is 13.8 Å². The van der Waals surface area contributed by atoms with E-state index in [1.807, 2.05) is 19.1 Å². The average Bonchev–Trinajstić information content (AvgIpc) is 3.21. The Bertz CT molecular complexity index is 961. The highest BCUT2D eigenvalue weighted by molar-refractivity contribution is 5.79. The summed E-state index contributed by atoms with van der Waals surface area (Å²) in [6, 6.07) is 14.5. The number of ether oxygens (including phenoxy) is 1. The molecule has 0 amide bonds. The van der Waals surface area contributed by atoms with Gasteiger partial charge in [0.15, 0.2) is 11.7 Å². The Kier molecular flexibility index (Phi) is 6.89. The lowest BCUT2D eigenvalue weighted by atomic mass is 10.1. The average molecular weight is 393 g/mol. The summed E-state index contributed by atoms with van der Waals surface area (Å²) in [5.74, 6) is 3.00. The van der Waals surface area contributed by atoms with Crippen molar-refractivity contribution >= 4 is 5.96 Å². The second kappa shape index (κ2) is 9.78. The predicted octanol–water partition coefficient (Wildman–Crippen LogP) is 3.87. The SMILES string of the molecule is CN=C(NCCc1ccc(C)c(OC)c1)NCc1ncc(-c2ccc(C)cc2)o1. The van der Waals surface area contributed by atoms with Crippen molar-refractivity contribution in [3.63, 3.8) is 0 Å². The van der Waals surface area contributed by atoms with Gasteiger partial charge < -0.3 is 19.8 Å². The molecule has 0 fully saturated rings. The summed E-state index contributed by atoms with van der Waals surface area (Å²) in [5.41, 5.74) is 4.59. The van der Waals surface area contributed by atoms with E-state index in [2.05, 4.69) is 57.9 Å². The van der Waals surface area contributed by atoms with E-state index in [1.165, 1.54) is 11.1 Å². The summed E-state index contributed by atoms with van der Waals surface area (Å²) in [4.78, 5) is 8.61. The number of benzene rings is 2. The van der Waals surface area contributed by atoms with E-state index in [1.54, 1.807) is 20.4 Å². The minimum absolute atomic E-state index is 0.462. The van der Waals surface area contributed by atoms with E-state index < -0.39 is 0 Å². The van der Waals surface area contributed by atoms with Crippen molar-refractivity contribution in [2.45, 2.75) is 26.8 Å². The molecule has 1 heterocycles. The molecular formula is C23H28N4O2. The van der Waals surface area contributed by atoms with Crippen LogP contribution in [0.4, 0.5) is 0 Å². The normalized spacial score (nSPS) is 11.4. The maximum absolute atomic E-state index is 5.84. The van der Waals surface area contributed by atoms with Gasteiger partial charge in [0.2, 0.25) is 5.89 Å². The zero-order chi connectivity index (χ0) is 20.6. The van der Waals surface area contributed by atoms with Gasteiger partial charge in [-0.3, -0.25) is 4.99 Å². The number of hydrogen-bond donors (Lipinski definition) is 2. The van der Waals surface area contributed by atoms with Gasteiger partial charge in [-0.05, 0) is 37.5 Å². The lowest BCUT2D eigenvalue weighted by molar-refractivity contribution is 0.411. The van der Waals surface area contributed by atoms with E-state index in [0.29, 0.717) is 18.4 Å². The molecule has 3 rings (SSSR count). The van der Waals surface area contributed by atoms with Crippen LogP contribution < -0.4 is 15.4 Å². The number of aromatic nitrogens is 1. The van der Waals surface area contributed by atoms with Gasteiger partial charge in [0.05, 0.1) is 19.9 Å². The van der Waals surface area contributed by atoms with Crippen LogP contribution >= 0.6 is 0 Å². The third-order valence-corrected chi connectivity index (χ3v) is 4.70. The third kappa shape index (κ3) is 5.60. The Labute approximate surface area is 172 Å². The van der Waals surface area contributed by atoms with Gasteiger partial charge in [-0.25, -0.2) is 4.98 Å². The van der Waals surface area contributed by atoms with Crippen molar-refractivity contribution in [1.29, 1.82) is 0 Å². The first-order chi connectivity index (χ1) is 14.1. The molecule has 0 radical (unpaired) electrons. The summed E-state index contributed by atoms with van der Waals surface area (Å²) in [6.07, 6.45) is 2.62. The minimum atomic E-state index is 0.462. The molecule has 0 saturated carbocycles. The molecule has 6 heteroatoms. The van der Waals surface area contributed by atoms with Crippen LogP contribution in [0.15, 0.2) is 58.1 Å². The number of rotatable bonds is 7. The van der Waals surface area contributed by atoms with Crippen molar-refractivity contribution in [3.05, 3.63) is 71.2 Å². The smallest absolute Gasteiger partial charge is 0.214 e. The van der Waals surface area contributed by atoms with Crippen molar-refractivity contribution in [2.24, 2.45) is 4.99 Å². The Balaban J connectivity index is 1.49. The molecule has 2 aromatic carbocycles. The number of guanidine groups is 1. The van der Waals surface area contributed by atoms with E-state index in [0.717, 1.165) is 35.6 Å². The first-order valence-corrected chi connectivity index (χ1v) is 9.69. The number of oxazole rings is 1. The molecule has 0 saturated heterocycles. The highest BCUT2D eigenvalue weighted by Crippen LogP contribution is 2.21. The summed E-state index contributed by atoms with van der Waals surface area (Å²) in [5, 5.41) is 6.55. The van der Waals surface area contributed by atoms with E-state index >= 15 is 0 Å². The molecule has 0 aliphatic carbocycles. The molecule has 29 heavy (non-hydrogen) atoms. The fraction of sp³-hybridized carbons (Fsp3) is 0.304. The first-order valence-electron chi connectivity index (χ1n) is 9.69. The second-order valence-corrected chi connectivity index (χ2v) is 6.89. The zero-order valence-corrected chi connectivity index (χ0v) is 17.5. The molecular weight excluding hydrogens is 364 g/mol. The van der Waals surface area contributed by atoms with Crippen molar-refractivity contribution in [1.82, 2.24) is 15.6 Å².